The number of carbonyl (C=O) groups is 3. The fourth-order valence-electron chi connectivity index (χ4n) is 3.38. The van der Waals surface area contributed by atoms with Crippen molar-refractivity contribution in [3.63, 3.8) is 0 Å². The summed E-state index contributed by atoms with van der Waals surface area (Å²) >= 11 is 0. The number of nitrogens with zero attached hydrogens (tertiary/aromatic N) is 1. The van der Waals surface area contributed by atoms with E-state index in [1.807, 2.05) is 31.2 Å². The zero-order valence-corrected chi connectivity index (χ0v) is 16.7. The van der Waals surface area contributed by atoms with E-state index in [0.717, 1.165) is 17.7 Å². The fraction of sp³-hybridized carbons (Fsp3) is 0.318. The van der Waals surface area contributed by atoms with Gasteiger partial charge >= 0.3 is 5.97 Å². The lowest BCUT2D eigenvalue weighted by Gasteiger charge is -2.26. The second kappa shape index (κ2) is 8.77. The lowest BCUT2D eigenvalue weighted by atomic mass is 10.1. The summed E-state index contributed by atoms with van der Waals surface area (Å²) in [7, 11) is 1.54. The second-order valence-electron chi connectivity index (χ2n) is 6.93. The van der Waals surface area contributed by atoms with Crippen LogP contribution in [0.3, 0.4) is 0 Å². The highest BCUT2D eigenvalue weighted by Crippen LogP contribution is 2.32. The maximum absolute atomic E-state index is 12.8. The van der Waals surface area contributed by atoms with Crippen molar-refractivity contribution in [2.45, 2.75) is 32.4 Å². The van der Waals surface area contributed by atoms with Crippen molar-refractivity contribution >= 4 is 23.5 Å². The molecule has 2 aromatic carbocycles. The Bertz CT molecular complexity index is 910. The minimum atomic E-state index is -0.950. The maximum Gasteiger partial charge on any atom is 0.326 e. The molecular formula is C22H24N2O5. The SMILES string of the molecule is COc1ccc(C(=O)NCC(=O)O[C@H](C)C(=O)N2c3ccccc3C[C@@H]2C)cc1. The Labute approximate surface area is 169 Å². The van der Waals surface area contributed by atoms with Crippen molar-refractivity contribution in [2.75, 3.05) is 18.6 Å². The predicted octanol–water partition coefficient (Wildman–Crippen LogP) is 2.33. The van der Waals surface area contributed by atoms with Crippen molar-refractivity contribution in [1.29, 1.82) is 0 Å². The number of hydrogen-bond acceptors (Lipinski definition) is 5. The molecule has 0 radical (unpaired) electrons. The van der Waals surface area contributed by atoms with Crippen LogP contribution in [0.1, 0.15) is 29.8 Å². The summed E-state index contributed by atoms with van der Waals surface area (Å²) in [6, 6.07) is 14.2. The van der Waals surface area contributed by atoms with Crippen LogP contribution in [-0.4, -0.2) is 43.6 Å². The lowest BCUT2D eigenvalue weighted by Crippen LogP contribution is -2.44. The van der Waals surface area contributed by atoms with Crippen LogP contribution in [0, 0.1) is 0 Å². The summed E-state index contributed by atoms with van der Waals surface area (Å²) in [5, 5.41) is 2.50. The number of carbonyl (C=O) groups excluding carboxylic acids is 3. The first kappa shape index (κ1) is 20.4. The molecule has 3 rings (SSSR count). The summed E-state index contributed by atoms with van der Waals surface area (Å²) in [5.41, 5.74) is 2.34. The molecule has 0 bridgehead atoms. The number of para-hydroxylation sites is 1. The van der Waals surface area contributed by atoms with E-state index in [1.54, 1.807) is 36.1 Å². The molecule has 29 heavy (non-hydrogen) atoms. The molecule has 0 aliphatic carbocycles. The van der Waals surface area contributed by atoms with E-state index >= 15 is 0 Å². The second-order valence-corrected chi connectivity index (χ2v) is 6.93. The summed E-state index contributed by atoms with van der Waals surface area (Å²) in [6.07, 6.45) is -0.186. The van der Waals surface area contributed by atoms with Crippen LogP contribution < -0.4 is 15.0 Å². The summed E-state index contributed by atoms with van der Waals surface area (Å²) < 4.78 is 10.3. The van der Waals surface area contributed by atoms with Gasteiger partial charge in [-0.05, 0) is 56.2 Å². The van der Waals surface area contributed by atoms with E-state index in [4.69, 9.17) is 9.47 Å². The predicted molar refractivity (Wildman–Crippen MR) is 108 cm³/mol. The third-order valence-corrected chi connectivity index (χ3v) is 4.85. The largest absolute Gasteiger partial charge is 0.497 e. The number of fused-ring (bicyclic) bond motifs is 1. The topological polar surface area (TPSA) is 84.9 Å². The van der Waals surface area contributed by atoms with Gasteiger partial charge < -0.3 is 19.7 Å². The molecule has 2 atom stereocenters. The smallest absolute Gasteiger partial charge is 0.326 e. The van der Waals surface area contributed by atoms with Crippen LogP contribution in [0.25, 0.3) is 0 Å². The van der Waals surface area contributed by atoms with Gasteiger partial charge in [-0.25, -0.2) is 0 Å². The average molecular weight is 396 g/mol. The number of anilines is 1. The van der Waals surface area contributed by atoms with Crippen LogP contribution in [0.15, 0.2) is 48.5 Å². The van der Waals surface area contributed by atoms with E-state index in [-0.39, 0.29) is 18.5 Å². The molecule has 1 heterocycles. The van der Waals surface area contributed by atoms with Crippen LogP contribution in [0.5, 0.6) is 5.75 Å². The van der Waals surface area contributed by atoms with Crippen molar-refractivity contribution in [3.8, 4) is 5.75 Å². The highest BCUT2D eigenvalue weighted by atomic mass is 16.5. The molecule has 7 nitrogen and oxygen atoms in total. The normalized spacial score (nSPS) is 16.0. The van der Waals surface area contributed by atoms with E-state index in [9.17, 15) is 14.4 Å². The van der Waals surface area contributed by atoms with Gasteiger partial charge in [-0.3, -0.25) is 14.4 Å². The van der Waals surface area contributed by atoms with Crippen LogP contribution in [0.2, 0.25) is 0 Å². The van der Waals surface area contributed by atoms with Crippen molar-refractivity contribution in [2.24, 2.45) is 0 Å². The number of esters is 1. The third kappa shape index (κ3) is 4.56. The van der Waals surface area contributed by atoms with E-state index in [1.165, 1.54) is 7.11 Å². The van der Waals surface area contributed by atoms with Gasteiger partial charge in [0.25, 0.3) is 11.8 Å². The Balaban J connectivity index is 1.53. The van der Waals surface area contributed by atoms with Crippen molar-refractivity contribution < 1.29 is 23.9 Å². The molecular weight excluding hydrogens is 372 g/mol. The number of ether oxygens (including phenoxy) is 2. The van der Waals surface area contributed by atoms with E-state index in [0.29, 0.717) is 11.3 Å². The summed E-state index contributed by atoms with van der Waals surface area (Å²) in [6.45, 7) is 3.18. The van der Waals surface area contributed by atoms with E-state index < -0.39 is 18.0 Å². The van der Waals surface area contributed by atoms with Crippen LogP contribution >= 0.6 is 0 Å². The minimum absolute atomic E-state index is 0.00386. The molecule has 0 saturated heterocycles. The molecule has 0 aromatic heterocycles. The Hall–Kier alpha value is -3.35. The molecule has 1 N–H and O–H groups in total. The molecule has 0 unspecified atom stereocenters. The molecule has 2 aromatic rings. The Morgan fingerprint density at radius 3 is 2.52 bits per heavy atom. The van der Waals surface area contributed by atoms with Gasteiger partial charge in [0.15, 0.2) is 6.10 Å². The van der Waals surface area contributed by atoms with Crippen molar-refractivity contribution in [1.82, 2.24) is 5.32 Å². The Morgan fingerprint density at radius 1 is 1.14 bits per heavy atom. The van der Waals surface area contributed by atoms with E-state index in [2.05, 4.69) is 5.32 Å². The number of rotatable bonds is 6. The summed E-state index contributed by atoms with van der Waals surface area (Å²) in [5.74, 6) is -0.734. The third-order valence-electron chi connectivity index (χ3n) is 4.85. The lowest BCUT2D eigenvalue weighted by molar-refractivity contribution is -0.152. The standard InChI is InChI=1S/C22H24N2O5/c1-14-12-17-6-4-5-7-19(17)24(14)22(27)15(2)29-20(25)13-23-21(26)16-8-10-18(28-3)11-9-16/h4-11,14-15H,12-13H2,1-3H3,(H,23,26)/t14-,15+/m0/s1. The van der Waals surface area contributed by atoms with Gasteiger partial charge in [-0.15, -0.1) is 0 Å². The number of benzene rings is 2. The van der Waals surface area contributed by atoms with Gasteiger partial charge in [-0.2, -0.15) is 0 Å². The molecule has 0 spiro atoms. The zero-order valence-electron chi connectivity index (χ0n) is 16.7. The van der Waals surface area contributed by atoms with Crippen LogP contribution in [-0.2, 0) is 20.7 Å². The molecule has 1 aliphatic heterocycles. The Kier molecular flexibility index (Phi) is 6.16. The van der Waals surface area contributed by atoms with Gasteiger partial charge in [0.1, 0.15) is 12.3 Å². The molecule has 0 saturated carbocycles. The van der Waals surface area contributed by atoms with Gasteiger partial charge in [0, 0.05) is 17.3 Å². The molecule has 152 valence electrons. The van der Waals surface area contributed by atoms with Crippen LogP contribution in [0.4, 0.5) is 5.69 Å². The number of methoxy groups -OCH3 is 1. The highest BCUT2D eigenvalue weighted by molar-refractivity contribution is 6.00. The Morgan fingerprint density at radius 2 is 1.83 bits per heavy atom. The molecule has 0 fully saturated rings. The first-order valence-electron chi connectivity index (χ1n) is 9.43. The monoisotopic (exact) mass is 396 g/mol. The maximum atomic E-state index is 12.8. The molecule has 1 aliphatic rings. The van der Waals surface area contributed by atoms with Gasteiger partial charge in [-0.1, -0.05) is 18.2 Å². The fourth-order valence-corrected chi connectivity index (χ4v) is 3.38. The molecule has 7 heteroatoms. The quantitative estimate of drug-likeness (QED) is 0.758. The minimum Gasteiger partial charge on any atom is -0.497 e. The average Bonchev–Trinajstić information content (AvgIpc) is 3.07. The first-order chi connectivity index (χ1) is 13.9. The van der Waals surface area contributed by atoms with Crippen molar-refractivity contribution in [3.05, 3.63) is 59.7 Å². The highest BCUT2D eigenvalue weighted by Gasteiger charge is 2.34. The first-order valence-corrected chi connectivity index (χ1v) is 9.43. The molecule has 2 amide bonds. The number of hydrogen-bond donors (Lipinski definition) is 1. The summed E-state index contributed by atoms with van der Waals surface area (Å²) in [4.78, 5) is 38.7. The number of nitrogens with one attached hydrogen (secondary N) is 1. The zero-order chi connectivity index (χ0) is 21.0. The van der Waals surface area contributed by atoms with Gasteiger partial charge in [0.05, 0.1) is 7.11 Å². The number of amides is 2. The van der Waals surface area contributed by atoms with Gasteiger partial charge in [0.2, 0.25) is 0 Å².